The Labute approximate surface area is 268 Å². The van der Waals surface area contributed by atoms with Crippen LogP contribution in [0.5, 0.6) is 0 Å². The molecule has 0 spiro atoms. The number of carboxylic acids is 2. The summed E-state index contributed by atoms with van der Waals surface area (Å²) in [5.74, 6) is -5.10. The van der Waals surface area contributed by atoms with Gasteiger partial charge in [0.1, 0.15) is 17.9 Å². The van der Waals surface area contributed by atoms with Gasteiger partial charge in [-0.15, -0.1) is 0 Å². The molecule has 0 saturated heterocycles. The number of rotatable bonds is 27. The highest BCUT2D eigenvalue weighted by Gasteiger charge is 2.38. The largest absolute Gasteiger partial charge is 0.481 e. The average Bonchev–Trinajstić information content (AvgIpc) is 3.50. The molecule has 12 heteroatoms. The van der Waals surface area contributed by atoms with Crippen molar-refractivity contribution in [2.75, 3.05) is 20.1 Å². The van der Waals surface area contributed by atoms with Crippen molar-refractivity contribution in [1.82, 2.24) is 21.3 Å². The lowest BCUT2D eigenvalue weighted by atomic mass is 9.88. The molecule has 1 aliphatic carbocycles. The number of nitrogens with one attached hydrogen (secondary N) is 4. The minimum atomic E-state index is -1.26. The van der Waals surface area contributed by atoms with Crippen LogP contribution in [0.2, 0.25) is 0 Å². The Kier molecular flexibility index (Phi) is 21.6. The van der Waals surface area contributed by atoms with Crippen LogP contribution in [0.1, 0.15) is 129 Å². The summed E-state index contributed by atoms with van der Waals surface area (Å²) in [6, 6.07) is -2.43. The summed E-state index contributed by atoms with van der Waals surface area (Å²) in [5.41, 5.74) is 0. The smallest absolute Gasteiger partial charge is 0.303 e. The Balaban J connectivity index is 2.68. The Hall–Kier alpha value is -3.02. The summed E-state index contributed by atoms with van der Waals surface area (Å²) in [7, 11) is 1.70. The molecule has 3 amide bonds. The molecule has 0 radical (unpaired) electrons. The van der Waals surface area contributed by atoms with Crippen molar-refractivity contribution in [2.45, 2.75) is 141 Å². The van der Waals surface area contributed by atoms with Crippen LogP contribution >= 0.6 is 0 Å². The predicted molar refractivity (Wildman–Crippen MR) is 171 cm³/mol. The summed E-state index contributed by atoms with van der Waals surface area (Å²) in [5, 5.41) is 29.0. The number of likely N-dealkylation sites (N-methyl/N-ethyl adjacent to an activating group) is 1. The number of hydrogen-bond acceptors (Lipinski definition) is 7. The van der Waals surface area contributed by atoms with Crippen LogP contribution in [-0.2, 0) is 28.8 Å². The van der Waals surface area contributed by atoms with Crippen molar-refractivity contribution in [3.63, 3.8) is 0 Å². The summed E-state index contributed by atoms with van der Waals surface area (Å²) >= 11 is 0. The van der Waals surface area contributed by atoms with Crippen molar-refractivity contribution in [1.29, 1.82) is 0 Å². The molecular weight excluding hydrogens is 580 g/mol. The molecule has 4 unspecified atom stereocenters. The quantitative estimate of drug-likeness (QED) is 0.0728. The van der Waals surface area contributed by atoms with E-state index >= 15 is 0 Å². The monoisotopic (exact) mass is 638 g/mol. The second kappa shape index (κ2) is 24.2. The first-order chi connectivity index (χ1) is 21.6. The normalized spacial score (nSPS) is 17.3. The third kappa shape index (κ3) is 17.9. The van der Waals surface area contributed by atoms with E-state index < -0.39 is 60.0 Å². The zero-order valence-electron chi connectivity index (χ0n) is 27.5. The molecule has 1 aliphatic rings. The van der Waals surface area contributed by atoms with Gasteiger partial charge in [-0.2, -0.15) is 0 Å². The van der Waals surface area contributed by atoms with E-state index in [-0.39, 0.29) is 31.6 Å². The summed E-state index contributed by atoms with van der Waals surface area (Å²) < 4.78 is 0. The Bertz CT molecular complexity index is 928. The fourth-order valence-corrected chi connectivity index (χ4v) is 5.87. The number of unbranched alkanes of at least 4 members (excludes halogenated alkanes) is 10. The molecule has 45 heavy (non-hydrogen) atoms. The number of carboxylic acid groups (broad SMARTS) is 2. The molecule has 1 rings (SSSR count). The maximum atomic E-state index is 13.3. The molecule has 6 N–H and O–H groups in total. The van der Waals surface area contributed by atoms with Crippen LogP contribution in [0, 0.1) is 11.8 Å². The van der Waals surface area contributed by atoms with Crippen molar-refractivity contribution in [2.24, 2.45) is 11.8 Å². The predicted octanol–water partition coefficient (Wildman–Crippen LogP) is 3.71. The standard InChI is InChI=1S/C33H58N4O8/c1-3-4-5-6-7-8-9-10-11-12-13-17-28(38)24-15-14-16-25(24)31(43)36-27(19-21-30(41)42)33(45)37-26(18-20-29(39)40)32(44)35-23-22-34-2/h24-27,34H,3-23H2,1-2H3,(H,35,44)(H,36,43)(H,37,45)(H,39,40)(H,41,42). The number of ketones is 1. The number of aliphatic carboxylic acids is 2. The highest BCUT2D eigenvalue weighted by Crippen LogP contribution is 2.34. The lowest BCUT2D eigenvalue weighted by Gasteiger charge is -2.25. The molecule has 0 heterocycles. The number of Topliss-reactive ketones (excluding diaryl/α,β-unsaturated/α-hetero) is 1. The SMILES string of the molecule is CCCCCCCCCCCCCC(=O)C1CCCC1C(=O)NC(CCC(=O)O)C(=O)NC(CCC(=O)O)C(=O)NCCNC. The molecular formula is C33H58N4O8. The fourth-order valence-electron chi connectivity index (χ4n) is 5.87. The van der Waals surface area contributed by atoms with Crippen molar-refractivity contribution < 1.29 is 39.0 Å². The van der Waals surface area contributed by atoms with Gasteiger partial charge in [-0.1, -0.05) is 77.6 Å². The first-order valence-electron chi connectivity index (χ1n) is 17.1. The summed E-state index contributed by atoms with van der Waals surface area (Å²) in [6.45, 7) is 2.93. The highest BCUT2D eigenvalue weighted by atomic mass is 16.4. The van der Waals surface area contributed by atoms with Gasteiger partial charge in [0.15, 0.2) is 0 Å². The molecule has 0 aromatic heterocycles. The number of amides is 3. The van der Waals surface area contributed by atoms with E-state index in [0.717, 1.165) is 19.3 Å². The van der Waals surface area contributed by atoms with Gasteiger partial charge in [-0.05, 0) is 39.2 Å². The summed E-state index contributed by atoms with van der Waals surface area (Å²) in [6.07, 6.45) is 14.1. The van der Waals surface area contributed by atoms with E-state index in [1.807, 2.05) is 0 Å². The lowest BCUT2D eigenvalue weighted by Crippen LogP contribution is -2.55. The van der Waals surface area contributed by atoms with Crippen LogP contribution in [0.3, 0.4) is 0 Å². The van der Waals surface area contributed by atoms with Gasteiger partial charge in [0.05, 0.1) is 0 Å². The maximum Gasteiger partial charge on any atom is 0.303 e. The van der Waals surface area contributed by atoms with Gasteiger partial charge < -0.3 is 31.5 Å². The van der Waals surface area contributed by atoms with Crippen molar-refractivity contribution in [3.05, 3.63) is 0 Å². The highest BCUT2D eigenvalue weighted by molar-refractivity contribution is 5.94. The maximum absolute atomic E-state index is 13.3. The number of carbonyl (C=O) groups is 6. The van der Waals surface area contributed by atoms with Crippen LogP contribution in [0.4, 0.5) is 0 Å². The van der Waals surface area contributed by atoms with Crippen LogP contribution in [0.15, 0.2) is 0 Å². The van der Waals surface area contributed by atoms with Gasteiger partial charge in [0, 0.05) is 44.2 Å². The van der Waals surface area contributed by atoms with E-state index in [4.69, 9.17) is 5.11 Å². The van der Waals surface area contributed by atoms with Crippen molar-refractivity contribution >= 4 is 35.4 Å². The molecule has 0 aromatic carbocycles. The van der Waals surface area contributed by atoms with E-state index in [1.165, 1.54) is 51.4 Å². The second-order valence-corrected chi connectivity index (χ2v) is 12.3. The molecule has 1 fully saturated rings. The van der Waals surface area contributed by atoms with Crippen LogP contribution < -0.4 is 21.3 Å². The first kappa shape index (κ1) is 40.0. The van der Waals surface area contributed by atoms with Gasteiger partial charge in [0.2, 0.25) is 17.7 Å². The minimum absolute atomic E-state index is 0.0575. The first-order valence-corrected chi connectivity index (χ1v) is 17.1. The van der Waals surface area contributed by atoms with Crippen molar-refractivity contribution in [3.8, 4) is 0 Å². The number of carbonyl (C=O) groups excluding carboxylic acids is 4. The lowest BCUT2D eigenvalue weighted by molar-refractivity contribution is -0.140. The van der Waals surface area contributed by atoms with E-state index in [1.54, 1.807) is 7.05 Å². The third-order valence-electron chi connectivity index (χ3n) is 8.53. The summed E-state index contributed by atoms with van der Waals surface area (Å²) in [4.78, 5) is 74.7. The van der Waals surface area contributed by atoms with E-state index in [2.05, 4.69) is 28.2 Å². The fraction of sp³-hybridized carbons (Fsp3) is 0.818. The second-order valence-electron chi connectivity index (χ2n) is 12.3. The van der Waals surface area contributed by atoms with Gasteiger partial charge >= 0.3 is 11.9 Å². The molecule has 0 aliphatic heterocycles. The topological polar surface area (TPSA) is 191 Å². The molecule has 258 valence electrons. The minimum Gasteiger partial charge on any atom is -0.481 e. The molecule has 1 saturated carbocycles. The van der Waals surface area contributed by atoms with Gasteiger partial charge in [-0.3, -0.25) is 28.8 Å². The number of hydrogen-bond donors (Lipinski definition) is 6. The molecule has 4 atom stereocenters. The Morgan fingerprint density at radius 3 is 1.69 bits per heavy atom. The third-order valence-corrected chi connectivity index (χ3v) is 8.53. The van der Waals surface area contributed by atoms with E-state index in [9.17, 15) is 33.9 Å². The Morgan fingerprint density at radius 1 is 0.644 bits per heavy atom. The van der Waals surface area contributed by atoms with Crippen LogP contribution in [-0.4, -0.2) is 77.9 Å². The molecule has 0 aromatic rings. The zero-order chi connectivity index (χ0) is 33.5. The van der Waals surface area contributed by atoms with Gasteiger partial charge in [-0.25, -0.2) is 0 Å². The molecule has 12 nitrogen and oxygen atoms in total. The van der Waals surface area contributed by atoms with Crippen LogP contribution in [0.25, 0.3) is 0 Å². The zero-order valence-corrected chi connectivity index (χ0v) is 27.5. The van der Waals surface area contributed by atoms with Gasteiger partial charge in [0.25, 0.3) is 0 Å². The van der Waals surface area contributed by atoms with E-state index in [0.29, 0.717) is 32.2 Å². The average molecular weight is 639 g/mol. The molecule has 0 bridgehead atoms. The Morgan fingerprint density at radius 2 is 1.16 bits per heavy atom.